The molecule has 2 heterocycles. The van der Waals surface area contributed by atoms with E-state index in [-0.39, 0.29) is 30.4 Å². The summed E-state index contributed by atoms with van der Waals surface area (Å²) in [4.78, 5) is 40.1. The lowest BCUT2D eigenvalue weighted by Crippen LogP contribution is -2.46. The van der Waals surface area contributed by atoms with Gasteiger partial charge in [0.2, 0.25) is 11.8 Å². The number of carbonyl (C=O) groups is 3. The van der Waals surface area contributed by atoms with Crippen LogP contribution < -0.4 is 5.32 Å². The third-order valence-electron chi connectivity index (χ3n) is 4.46. The molecule has 1 aliphatic rings. The van der Waals surface area contributed by atoms with Crippen LogP contribution in [-0.2, 0) is 14.3 Å². The molecule has 7 nitrogen and oxygen atoms in total. The second-order valence-corrected chi connectivity index (χ2v) is 7.70. The quantitative estimate of drug-likeness (QED) is 0.862. The Morgan fingerprint density at radius 2 is 2.04 bits per heavy atom. The molecule has 27 heavy (non-hydrogen) atoms. The lowest BCUT2D eigenvalue weighted by Gasteiger charge is -2.33. The lowest BCUT2D eigenvalue weighted by atomic mass is 10.0. The van der Waals surface area contributed by atoms with Gasteiger partial charge in [0.15, 0.2) is 0 Å². The molecule has 1 fully saturated rings. The van der Waals surface area contributed by atoms with Crippen molar-refractivity contribution < 1.29 is 19.1 Å². The van der Waals surface area contributed by atoms with Crippen molar-refractivity contribution in [3.05, 3.63) is 34.7 Å². The molecule has 1 saturated heterocycles. The first kappa shape index (κ1) is 19.3. The number of rotatable bonds is 4. The van der Waals surface area contributed by atoms with Gasteiger partial charge in [0.1, 0.15) is 6.10 Å². The minimum Gasteiger partial charge on any atom is -0.370 e. The van der Waals surface area contributed by atoms with Crippen LogP contribution in [0.1, 0.15) is 28.3 Å². The van der Waals surface area contributed by atoms with Crippen LogP contribution in [0.4, 0.5) is 0 Å². The predicted molar refractivity (Wildman–Crippen MR) is 104 cm³/mol. The van der Waals surface area contributed by atoms with Gasteiger partial charge < -0.3 is 19.9 Å². The fraction of sp³-hybridized carbons (Fsp3) is 0.421. The molecule has 1 aliphatic heterocycles. The zero-order chi connectivity index (χ0) is 19.6. The zero-order valence-electron chi connectivity index (χ0n) is 15.7. The molecule has 2 aromatic rings. The average molecular weight is 389 g/mol. The lowest BCUT2D eigenvalue weighted by molar-refractivity contribution is -0.139. The molecule has 0 bridgehead atoms. The van der Waals surface area contributed by atoms with Gasteiger partial charge in [0, 0.05) is 37.8 Å². The van der Waals surface area contributed by atoms with Crippen LogP contribution in [0.3, 0.4) is 0 Å². The van der Waals surface area contributed by atoms with E-state index in [4.69, 9.17) is 4.74 Å². The van der Waals surface area contributed by atoms with Gasteiger partial charge in [0.25, 0.3) is 5.91 Å². The molecule has 3 amide bonds. The topological polar surface area (TPSA) is 79.0 Å². The SMILES string of the molecule is CC(=O)NCC(=O)N1CCOC(c2c(C(=O)N(C)C)sc3ccccc23)C1. The number of amides is 3. The molecule has 0 radical (unpaired) electrons. The second kappa shape index (κ2) is 8.06. The van der Waals surface area contributed by atoms with Gasteiger partial charge in [-0.1, -0.05) is 18.2 Å². The highest BCUT2D eigenvalue weighted by Crippen LogP contribution is 2.38. The maximum atomic E-state index is 12.7. The van der Waals surface area contributed by atoms with E-state index in [1.807, 2.05) is 24.3 Å². The molecule has 3 rings (SSSR count). The van der Waals surface area contributed by atoms with Crippen molar-refractivity contribution in [2.75, 3.05) is 40.3 Å². The van der Waals surface area contributed by atoms with Gasteiger partial charge in [-0.25, -0.2) is 0 Å². The van der Waals surface area contributed by atoms with Crippen LogP contribution in [-0.4, -0.2) is 67.9 Å². The minimum atomic E-state index is -0.380. The molecule has 1 aromatic heterocycles. The standard InChI is InChI=1S/C19H23N3O4S/c1-12(23)20-10-16(24)22-8-9-26-14(11-22)17-13-6-4-5-7-15(13)27-18(17)19(25)21(2)3/h4-7,14H,8-11H2,1-3H3,(H,20,23). The molecular formula is C19H23N3O4S. The molecule has 144 valence electrons. The summed E-state index contributed by atoms with van der Waals surface area (Å²) in [6.45, 7) is 2.55. The Balaban J connectivity index is 1.91. The number of benzene rings is 1. The molecule has 0 spiro atoms. The van der Waals surface area contributed by atoms with Gasteiger partial charge in [-0.3, -0.25) is 14.4 Å². The van der Waals surface area contributed by atoms with E-state index in [1.54, 1.807) is 23.9 Å². The van der Waals surface area contributed by atoms with E-state index in [1.165, 1.54) is 18.3 Å². The van der Waals surface area contributed by atoms with E-state index in [0.29, 0.717) is 24.6 Å². The third kappa shape index (κ3) is 4.12. The number of carbonyl (C=O) groups excluding carboxylic acids is 3. The Labute approximate surface area is 161 Å². The summed E-state index contributed by atoms with van der Waals surface area (Å²) >= 11 is 1.45. The highest BCUT2D eigenvalue weighted by molar-refractivity contribution is 7.21. The predicted octanol–water partition coefficient (Wildman–Crippen LogP) is 1.64. The van der Waals surface area contributed by atoms with Gasteiger partial charge in [-0.2, -0.15) is 0 Å². The maximum absolute atomic E-state index is 12.7. The molecule has 1 N–H and O–H groups in total. The number of ether oxygens (including phenoxy) is 1. The van der Waals surface area contributed by atoms with Crippen molar-refractivity contribution in [3.63, 3.8) is 0 Å². The second-order valence-electron chi connectivity index (χ2n) is 6.65. The summed E-state index contributed by atoms with van der Waals surface area (Å²) in [7, 11) is 3.45. The normalized spacial score (nSPS) is 17.0. The van der Waals surface area contributed by atoms with Gasteiger partial charge in [-0.15, -0.1) is 11.3 Å². The highest BCUT2D eigenvalue weighted by atomic mass is 32.1. The molecule has 1 unspecified atom stereocenters. The van der Waals surface area contributed by atoms with E-state index in [2.05, 4.69) is 5.32 Å². The van der Waals surface area contributed by atoms with Gasteiger partial charge >= 0.3 is 0 Å². The van der Waals surface area contributed by atoms with E-state index >= 15 is 0 Å². The molecular weight excluding hydrogens is 366 g/mol. The molecule has 8 heteroatoms. The Kier molecular flexibility index (Phi) is 5.76. The molecule has 0 aliphatic carbocycles. The van der Waals surface area contributed by atoms with Crippen LogP contribution in [0, 0.1) is 0 Å². The average Bonchev–Trinajstić information content (AvgIpc) is 3.04. The summed E-state index contributed by atoms with van der Waals surface area (Å²) in [5, 5.41) is 3.52. The van der Waals surface area contributed by atoms with Crippen molar-refractivity contribution in [1.29, 1.82) is 0 Å². The monoisotopic (exact) mass is 389 g/mol. The molecule has 0 saturated carbocycles. The largest absolute Gasteiger partial charge is 0.370 e. The summed E-state index contributed by atoms with van der Waals surface area (Å²) in [6.07, 6.45) is -0.380. The van der Waals surface area contributed by atoms with E-state index in [9.17, 15) is 14.4 Å². The maximum Gasteiger partial charge on any atom is 0.263 e. The summed E-state index contributed by atoms with van der Waals surface area (Å²) < 4.78 is 6.98. The van der Waals surface area contributed by atoms with Crippen molar-refractivity contribution >= 4 is 39.1 Å². The number of morpholine rings is 1. The number of fused-ring (bicyclic) bond motifs is 1. The number of hydrogen-bond donors (Lipinski definition) is 1. The Morgan fingerprint density at radius 1 is 1.30 bits per heavy atom. The molecule has 1 atom stereocenters. The third-order valence-corrected chi connectivity index (χ3v) is 5.64. The Morgan fingerprint density at radius 3 is 2.74 bits per heavy atom. The summed E-state index contributed by atoms with van der Waals surface area (Å²) in [6, 6.07) is 7.84. The smallest absolute Gasteiger partial charge is 0.263 e. The fourth-order valence-electron chi connectivity index (χ4n) is 3.11. The number of thiophene rings is 1. The number of nitrogens with zero attached hydrogens (tertiary/aromatic N) is 2. The van der Waals surface area contributed by atoms with Crippen molar-refractivity contribution in [2.24, 2.45) is 0 Å². The van der Waals surface area contributed by atoms with Crippen LogP contribution in [0.15, 0.2) is 24.3 Å². The summed E-state index contributed by atoms with van der Waals surface area (Å²) in [5.74, 6) is -0.467. The number of nitrogens with one attached hydrogen (secondary N) is 1. The summed E-state index contributed by atoms with van der Waals surface area (Å²) in [5.41, 5.74) is 0.839. The van der Waals surface area contributed by atoms with Crippen molar-refractivity contribution in [3.8, 4) is 0 Å². The highest BCUT2D eigenvalue weighted by Gasteiger charge is 2.31. The van der Waals surface area contributed by atoms with Crippen LogP contribution in [0.5, 0.6) is 0 Å². The first-order chi connectivity index (χ1) is 12.9. The first-order valence-electron chi connectivity index (χ1n) is 8.75. The number of hydrogen-bond acceptors (Lipinski definition) is 5. The van der Waals surface area contributed by atoms with E-state index in [0.717, 1.165) is 15.6 Å². The Hall–Kier alpha value is -2.45. The van der Waals surface area contributed by atoms with Crippen LogP contribution in [0.2, 0.25) is 0 Å². The van der Waals surface area contributed by atoms with Crippen LogP contribution in [0.25, 0.3) is 10.1 Å². The van der Waals surface area contributed by atoms with Crippen molar-refractivity contribution in [1.82, 2.24) is 15.1 Å². The zero-order valence-corrected chi connectivity index (χ0v) is 16.5. The van der Waals surface area contributed by atoms with Crippen molar-refractivity contribution in [2.45, 2.75) is 13.0 Å². The van der Waals surface area contributed by atoms with Gasteiger partial charge in [-0.05, 0) is 11.5 Å². The van der Waals surface area contributed by atoms with Gasteiger partial charge in [0.05, 0.1) is 24.6 Å². The van der Waals surface area contributed by atoms with Crippen LogP contribution >= 0.6 is 11.3 Å². The first-order valence-corrected chi connectivity index (χ1v) is 9.57. The van der Waals surface area contributed by atoms with E-state index < -0.39 is 0 Å². The fourth-order valence-corrected chi connectivity index (χ4v) is 4.39. The Bertz CT molecular complexity index is 877. The minimum absolute atomic E-state index is 0.0318. The molecule has 1 aromatic carbocycles.